The maximum absolute atomic E-state index is 13.1. The number of anilines is 1. The summed E-state index contributed by atoms with van der Waals surface area (Å²) in [6.45, 7) is 5.21. The van der Waals surface area contributed by atoms with Crippen LogP contribution in [-0.2, 0) is 10.0 Å². The maximum atomic E-state index is 13.1. The predicted molar refractivity (Wildman–Crippen MR) is 116 cm³/mol. The molecule has 0 bridgehead atoms. The molecule has 0 atom stereocenters. The van der Waals surface area contributed by atoms with Crippen LogP contribution < -0.4 is 15.8 Å². The quantitative estimate of drug-likeness (QED) is 0.542. The van der Waals surface area contributed by atoms with E-state index < -0.39 is 21.7 Å². The fourth-order valence-corrected chi connectivity index (χ4v) is 6.22. The van der Waals surface area contributed by atoms with Crippen molar-refractivity contribution in [2.24, 2.45) is 5.73 Å². The molecule has 1 amide bonds. The lowest BCUT2D eigenvalue weighted by atomic mass is 9.87. The number of hydrogen-bond acceptors (Lipinski definition) is 7. The number of nitrogens with one attached hydrogen (secondary N) is 2. The van der Waals surface area contributed by atoms with Gasteiger partial charge in [-0.05, 0) is 64.7 Å². The Balaban J connectivity index is 2.01. The second-order valence-corrected chi connectivity index (χ2v) is 11.2. The summed E-state index contributed by atoms with van der Waals surface area (Å²) in [6.07, 6.45) is 2.47. The van der Waals surface area contributed by atoms with Gasteiger partial charge in [0, 0.05) is 28.7 Å². The molecule has 1 aromatic carbocycles. The highest BCUT2D eigenvalue weighted by atomic mass is 32.2. The molecule has 1 aliphatic carbocycles. The molecule has 164 valence electrons. The zero-order valence-electron chi connectivity index (χ0n) is 17.2. The Morgan fingerprint density at radius 3 is 2.47 bits per heavy atom. The van der Waals surface area contributed by atoms with Crippen molar-refractivity contribution in [3.05, 3.63) is 23.2 Å². The number of amides is 1. The Labute approximate surface area is 180 Å². The van der Waals surface area contributed by atoms with Crippen LogP contribution in [0.15, 0.2) is 23.1 Å². The summed E-state index contributed by atoms with van der Waals surface area (Å²) in [6, 6.07) is 4.60. The summed E-state index contributed by atoms with van der Waals surface area (Å²) in [5, 5.41) is 21.1. The van der Waals surface area contributed by atoms with Gasteiger partial charge >= 0.3 is 6.09 Å². The number of sulfonamides is 1. The van der Waals surface area contributed by atoms with E-state index >= 15 is 0 Å². The van der Waals surface area contributed by atoms with Crippen LogP contribution in [0.5, 0.6) is 0 Å². The standard InChI is InChI=1S/C19H27N5O4S2/c1-19(2,3)24-30(27,28)15-10-13(21-18(25)26)8-9-14(15)17-23-22-16(29-17)11-4-6-12(20)7-5-11/h8-12,21,24H,4-7,20H2,1-3H3,(H,25,26). The highest BCUT2D eigenvalue weighted by Gasteiger charge is 2.28. The molecular formula is C19H27N5O4S2. The molecule has 0 saturated heterocycles. The van der Waals surface area contributed by atoms with Crippen LogP contribution in [0.1, 0.15) is 57.4 Å². The van der Waals surface area contributed by atoms with Crippen LogP contribution in [-0.4, -0.2) is 41.4 Å². The van der Waals surface area contributed by atoms with Crippen molar-refractivity contribution in [3.63, 3.8) is 0 Å². The van der Waals surface area contributed by atoms with E-state index in [0.29, 0.717) is 10.6 Å². The van der Waals surface area contributed by atoms with E-state index in [1.54, 1.807) is 26.8 Å². The van der Waals surface area contributed by atoms with Gasteiger partial charge in [-0.1, -0.05) is 11.3 Å². The molecule has 11 heteroatoms. The molecular weight excluding hydrogens is 426 g/mol. The number of aromatic nitrogens is 2. The third-order valence-corrected chi connectivity index (χ3v) is 7.67. The molecule has 0 spiro atoms. The van der Waals surface area contributed by atoms with Gasteiger partial charge in [0.15, 0.2) is 0 Å². The largest absolute Gasteiger partial charge is 0.465 e. The normalized spacial score (nSPS) is 20.1. The molecule has 1 aromatic heterocycles. The van der Waals surface area contributed by atoms with Crippen molar-refractivity contribution in [1.82, 2.24) is 14.9 Å². The van der Waals surface area contributed by atoms with Crippen LogP contribution in [0.25, 0.3) is 10.6 Å². The predicted octanol–water partition coefficient (Wildman–Crippen LogP) is 3.36. The fraction of sp³-hybridized carbons (Fsp3) is 0.526. The van der Waals surface area contributed by atoms with Gasteiger partial charge in [0.05, 0.1) is 4.90 Å². The van der Waals surface area contributed by atoms with Gasteiger partial charge in [0.1, 0.15) is 10.0 Å². The average molecular weight is 454 g/mol. The Morgan fingerprint density at radius 1 is 1.20 bits per heavy atom. The second kappa shape index (κ2) is 8.58. The van der Waals surface area contributed by atoms with Crippen LogP contribution in [0.3, 0.4) is 0 Å². The third-order valence-electron chi connectivity index (χ3n) is 4.76. The van der Waals surface area contributed by atoms with Crippen molar-refractivity contribution in [2.75, 3.05) is 5.32 Å². The van der Waals surface area contributed by atoms with Gasteiger partial charge in [0.2, 0.25) is 10.0 Å². The van der Waals surface area contributed by atoms with Crippen molar-refractivity contribution >= 4 is 33.1 Å². The molecule has 5 N–H and O–H groups in total. The zero-order chi connectivity index (χ0) is 22.1. The van der Waals surface area contributed by atoms with Crippen LogP contribution in [0, 0.1) is 0 Å². The van der Waals surface area contributed by atoms with Gasteiger partial charge in [-0.25, -0.2) is 17.9 Å². The van der Waals surface area contributed by atoms with E-state index in [2.05, 4.69) is 20.2 Å². The van der Waals surface area contributed by atoms with Crippen molar-refractivity contribution in [2.45, 2.75) is 68.8 Å². The van der Waals surface area contributed by atoms with E-state index in [0.717, 1.165) is 30.7 Å². The number of hydrogen-bond donors (Lipinski definition) is 4. The lowest BCUT2D eigenvalue weighted by molar-refractivity contribution is 0.209. The smallest absolute Gasteiger partial charge is 0.409 e. The average Bonchev–Trinajstić information content (AvgIpc) is 3.09. The number of nitrogens with zero attached hydrogens (tertiary/aromatic N) is 2. The molecule has 1 heterocycles. The van der Waals surface area contributed by atoms with E-state index in [1.807, 2.05) is 0 Å². The Morgan fingerprint density at radius 2 is 1.87 bits per heavy atom. The lowest BCUT2D eigenvalue weighted by Gasteiger charge is -2.23. The molecule has 9 nitrogen and oxygen atoms in total. The lowest BCUT2D eigenvalue weighted by Crippen LogP contribution is -2.40. The molecule has 0 radical (unpaired) electrons. The van der Waals surface area contributed by atoms with Crippen molar-refractivity contribution in [3.8, 4) is 10.6 Å². The topological polar surface area (TPSA) is 147 Å². The van der Waals surface area contributed by atoms with E-state index in [1.165, 1.54) is 23.5 Å². The Hall–Kier alpha value is -2.08. The van der Waals surface area contributed by atoms with Crippen molar-refractivity contribution < 1.29 is 18.3 Å². The molecule has 1 aliphatic rings. The Kier molecular flexibility index (Phi) is 6.46. The summed E-state index contributed by atoms with van der Waals surface area (Å²) in [5.74, 6) is 0.275. The molecule has 30 heavy (non-hydrogen) atoms. The van der Waals surface area contributed by atoms with Gasteiger partial charge in [0.25, 0.3) is 0 Å². The summed E-state index contributed by atoms with van der Waals surface area (Å²) in [4.78, 5) is 11.0. The first kappa shape index (κ1) is 22.6. The van der Waals surface area contributed by atoms with E-state index in [4.69, 9.17) is 10.8 Å². The minimum absolute atomic E-state index is 0.0444. The van der Waals surface area contributed by atoms with E-state index in [-0.39, 0.29) is 22.5 Å². The second-order valence-electron chi connectivity index (χ2n) is 8.55. The molecule has 2 aromatic rings. The highest BCUT2D eigenvalue weighted by molar-refractivity contribution is 7.89. The number of nitrogens with two attached hydrogens (primary N) is 1. The van der Waals surface area contributed by atoms with Crippen molar-refractivity contribution in [1.29, 1.82) is 0 Å². The van der Waals surface area contributed by atoms with Gasteiger partial charge < -0.3 is 10.8 Å². The number of rotatable bonds is 5. The van der Waals surface area contributed by atoms with E-state index in [9.17, 15) is 13.2 Å². The molecule has 0 unspecified atom stereocenters. The summed E-state index contributed by atoms with van der Waals surface area (Å²) < 4.78 is 28.8. The van der Waals surface area contributed by atoms with Gasteiger partial charge in [-0.15, -0.1) is 10.2 Å². The number of carboxylic acid groups (broad SMARTS) is 1. The first-order valence-electron chi connectivity index (χ1n) is 9.72. The SMILES string of the molecule is CC(C)(C)NS(=O)(=O)c1cc(NC(=O)O)ccc1-c1nnc(C2CCC(N)CC2)s1. The van der Waals surface area contributed by atoms with Crippen LogP contribution >= 0.6 is 11.3 Å². The zero-order valence-corrected chi connectivity index (χ0v) is 18.8. The molecule has 3 rings (SSSR count). The monoisotopic (exact) mass is 453 g/mol. The van der Waals surface area contributed by atoms with Crippen LogP contribution in [0.2, 0.25) is 0 Å². The molecule has 0 aliphatic heterocycles. The van der Waals surface area contributed by atoms with Gasteiger partial charge in [-0.3, -0.25) is 5.32 Å². The Bertz CT molecular complexity index is 1020. The van der Waals surface area contributed by atoms with Gasteiger partial charge in [-0.2, -0.15) is 0 Å². The van der Waals surface area contributed by atoms with Crippen LogP contribution in [0.4, 0.5) is 10.5 Å². The number of benzene rings is 1. The molecule has 1 saturated carbocycles. The summed E-state index contributed by atoms with van der Waals surface area (Å²) in [7, 11) is -3.94. The summed E-state index contributed by atoms with van der Waals surface area (Å²) >= 11 is 1.37. The first-order chi connectivity index (χ1) is 13.9. The number of carbonyl (C=O) groups is 1. The highest BCUT2D eigenvalue weighted by Crippen LogP contribution is 2.38. The molecule has 1 fully saturated rings. The fourth-order valence-electron chi connectivity index (χ4n) is 3.46. The minimum atomic E-state index is -3.94. The minimum Gasteiger partial charge on any atom is -0.465 e. The maximum Gasteiger partial charge on any atom is 0.409 e. The summed E-state index contributed by atoms with van der Waals surface area (Å²) in [5.41, 5.74) is 5.82. The third kappa shape index (κ3) is 5.54. The first-order valence-corrected chi connectivity index (χ1v) is 12.0.